The third-order valence-corrected chi connectivity index (χ3v) is 6.65. The van der Waals surface area contributed by atoms with Gasteiger partial charge in [0.15, 0.2) is 11.5 Å². The molecule has 1 heterocycles. The van der Waals surface area contributed by atoms with Gasteiger partial charge in [0.1, 0.15) is 11.5 Å². The van der Waals surface area contributed by atoms with E-state index in [0.29, 0.717) is 28.4 Å². The van der Waals surface area contributed by atoms with E-state index in [9.17, 15) is 9.67 Å². The number of benzene rings is 1. The highest BCUT2D eigenvalue weighted by Crippen LogP contribution is 2.61. The van der Waals surface area contributed by atoms with Crippen molar-refractivity contribution in [3.8, 4) is 11.5 Å². The lowest BCUT2D eigenvalue weighted by Crippen LogP contribution is -2.17. The summed E-state index contributed by atoms with van der Waals surface area (Å²) in [5.41, 5.74) is 1.36. The van der Waals surface area contributed by atoms with E-state index >= 15 is 0 Å². The Morgan fingerprint density at radius 1 is 1.14 bits per heavy atom. The largest absolute Gasteiger partial charge is 0.504 e. The number of phenolic OH excluding ortho intramolecular Hbond substituents is 1. The van der Waals surface area contributed by atoms with Crippen molar-refractivity contribution in [2.75, 3.05) is 32.2 Å². The van der Waals surface area contributed by atoms with E-state index < -0.39 is 13.3 Å². The predicted molar refractivity (Wildman–Crippen MR) is 108 cm³/mol. The molecule has 1 aromatic carbocycles. The van der Waals surface area contributed by atoms with Gasteiger partial charge < -0.3 is 24.2 Å². The highest BCUT2D eigenvalue weighted by atomic mass is 31.2. The van der Waals surface area contributed by atoms with Gasteiger partial charge in [0.25, 0.3) is 0 Å². The minimum atomic E-state index is -3.50. The molecule has 8 nitrogen and oxygen atoms in total. The number of aryl methyl sites for hydroxylation is 2. The van der Waals surface area contributed by atoms with Crippen molar-refractivity contribution in [3.05, 3.63) is 41.5 Å². The number of hydrogen-bond donors (Lipinski definition) is 2. The molecule has 2 rings (SSSR count). The Hall–Kier alpha value is -2.15. The lowest BCUT2D eigenvalue weighted by Gasteiger charge is -2.28. The van der Waals surface area contributed by atoms with E-state index in [1.807, 2.05) is 0 Å². The Morgan fingerprint density at radius 2 is 1.75 bits per heavy atom. The van der Waals surface area contributed by atoms with Crippen LogP contribution in [0.3, 0.4) is 0 Å². The minimum absolute atomic E-state index is 0.0487. The fourth-order valence-electron chi connectivity index (χ4n) is 2.81. The molecule has 1 atom stereocenters. The molecule has 1 aromatic heterocycles. The topological polar surface area (TPSA) is 103 Å². The van der Waals surface area contributed by atoms with Gasteiger partial charge in [-0.1, -0.05) is 6.07 Å². The number of nitrogens with zero attached hydrogens (tertiary/aromatic N) is 2. The molecule has 0 aliphatic carbocycles. The van der Waals surface area contributed by atoms with E-state index in [4.69, 9.17) is 13.8 Å². The van der Waals surface area contributed by atoms with Crippen LogP contribution >= 0.6 is 7.60 Å². The van der Waals surface area contributed by atoms with Gasteiger partial charge in [-0.25, -0.2) is 9.97 Å². The Balaban J connectivity index is 2.44. The molecular weight excluding hydrogens is 381 g/mol. The molecule has 0 amide bonds. The number of rotatable bonds is 10. The van der Waals surface area contributed by atoms with Gasteiger partial charge in [-0.15, -0.1) is 0 Å². The summed E-state index contributed by atoms with van der Waals surface area (Å²) < 4.78 is 30.0. The molecular formula is C19H28N3O5P. The highest BCUT2D eigenvalue weighted by Gasteiger charge is 2.37. The molecule has 154 valence electrons. The van der Waals surface area contributed by atoms with E-state index in [1.165, 1.54) is 7.11 Å². The molecule has 28 heavy (non-hydrogen) atoms. The van der Waals surface area contributed by atoms with Crippen LogP contribution < -0.4 is 10.1 Å². The van der Waals surface area contributed by atoms with E-state index in [2.05, 4.69) is 15.3 Å². The summed E-state index contributed by atoms with van der Waals surface area (Å²) in [6.07, 6.45) is 3.32. The molecule has 2 N–H and O–H groups in total. The number of anilines is 1. The van der Waals surface area contributed by atoms with Crippen LogP contribution in [0.15, 0.2) is 24.5 Å². The number of hydrogen-bond acceptors (Lipinski definition) is 8. The summed E-state index contributed by atoms with van der Waals surface area (Å²) in [6.45, 7) is 7.85. The Bertz CT molecular complexity index is 819. The Morgan fingerprint density at radius 3 is 2.29 bits per heavy atom. The van der Waals surface area contributed by atoms with E-state index in [1.54, 1.807) is 52.2 Å². The van der Waals surface area contributed by atoms with E-state index in [-0.39, 0.29) is 25.5 Å². The van der Waals surface area contributed by atoms with Crippen molar-refractivity contribution >= 4 is 13.3 Å². The summed E-state index contributed by atoms with van der Waals surface area (Å²) in [5.74, 6) is 1.01. The van der Waals surface area contributed by atoms with Gasteiger partial charge >= 0.3 is 7.60 Å². The van der Waals surface area contributed by atoms with E-state index in [0.717, 1.165) is 0 Å². The van der Waals surface area contributed by atoms with Crippen molar-refractivity contribution in [1.29, 1.82) is 0 Å². The molecule has 0 saturated carbocycles. The monoisotopic (exact) mass is 409 g/mol. The fourth-order valence-corrected chi connectivity index (χ4v) is 4.79. The van der Waals surface area contributed by atoms with Crippen LogP contribution in [-0.2, 0) is 13.6 Å². The molecule has 0 fully saturated rings. The van der Waals surface area contributed by atoms with Gasteiger partial charge in [0.05, 0.1) is 38.4 Å². The molecule has 0 saturated heterocycles. The van der Waals surface area contributed by atoms with Crippen molar-refractivity contribution in [3.63, 3.8) is 0 Å². The van der Waals surface area contributed by atoms with Crippen LogP contribution in [0.4, 0.5) is 5.69 Å². The van der Waals surface area contributed by atoms with Gasteiger partial charge in [-0.05, 0) is 44.9 Å². The maximum atomic E-state index is 13.6. The quantitative estimate of drug-likeness (QED) is 0.562. The van der Waals surface area contributed by atoms with Crippen LogP contribution in [0.5, 0.6) is 11.5 Å². The summed E-state index contributed by atoms with van der Waals surface area (Å²) >= 11 is 0. The smallest absolute Gasteiger partial charge is 0.339 e. The molecule has 0 spiro atoms. The van der Waals surface area contributed by atoms with Crippen molar-refractivity contribution in [2.24, 2.45) is 0 Å². The maximum Gasteiger partial charge on any atom is 0.339 e. The summed E-state index contributed by atoms with van der Waals surface area (Å²) in [5, 5.41) is 13.4. The average Bonchev–Trinajstić information content (AvgIpc) is 2.66. The summed E-state index contributed by atoms with van der Waals surface area (Å²) in [7, 11) is -2.03. The zero-order valence-corrected chi connectivity index (χ0v) is 17.8. The summed E-state index contributed by atoms with van der Waals surface area (Å²) in [4.78, 5) is 8.32. The highest BCUT2D eigenvalue weighted by molar-refractivity contribution is 7.54. The molecule has 0 bridgehead atoms. The molecule has 1 unspecified atom stereocenters. The summed E-state index contributed by atoms with van der Waals surface area (Å²) in [6, 6.07) is 3.42. The second kappa shape index (κ2) is 9.87. The zero-order chi connectivity index (χ0) is 20.7. The van der Waals surface area contributed by atoms with Crippen LogP contribution in [0, 0.1) is 13.8 Å². The van der Waals surface area contributed by atoms with Gasteiger partial charge in [-0.2, -0.15) is 0 Å². The van der Waals surface area contributed by atoms with Gasteiger partial charge in [-0.3, -0.25) is 4.57 Å². The second-order valence-electron chi connectivity index (χ2n) is 6.18. The third kappa shape index (κ3) is 5.22. The molecule has 0 radical (unpaired) electrons. The number of ether oxygens (including phenoxy) is 1. The standard InChI is InChI=1S/C19H28N3O5P/c1-6-26-28(24,27-7-2)18(12-22-16-10-20-14(4)21-11-16)15-8-13(3)19(23)17(9-15)25-5/h8-11,18,22-23H,6-7,12H2,1-5H3. The zero-order valence-electron chi connectivity index (χ0n) is 16.9. The maximum absolute atomic E-state index is 13.6. The third-order valence-electron chi connectivity index (χ3n) is 4.17. The predicted octanol–water partition coefficient (Wildman–Crippen LogP) is 4.23. The molecule has 0 aliphatic rings. The molecule has 2 aromatic rings. The average molecular weight is 409 g/mol. The molecule has 9 heteroatoms. The van der Waals surface area contributed by atoms with Crippen molar-refractivity contribution in [2.45, 2.75) is 33.4 Å². The number of phenols is 1. The Kier molecular flexibility index (Phi) is 7.80. The SMILES string of the molecule is CCOP(=O)(OCC)C(CNc1cnc(C)nc1)c1cc(C)c(O)c(OC)c1. The lowest BCUT2D eigenvalue weighted by atomic mass is 10.1. The molecule has 0 aliphatic heterocycles. The van der Waals surface area contributed by atoms with Gasteiger partial charge in [0, 0.05) is 6.54 Å². The first-order chi connectivity index (χ1) is 13.3. The van der Waals surface area contributed by atoms with Gasteiger partial charge in [0.2, 0.25) is 0 Å². The van der Waals surface area contributed by atoms with Crippen LogP contribution in [0.25, 0.3) is 0 Å². The number of methoxy groups -OCH3 is 1. The first kappa shape index (κ1) is 22.1. The number of aromatic hydroxyl groups is 1. The van der Waals surface area contributed by atoms with Crippen LogP contribution in [0.2, 0.25) is 0 Å². The number of aromatic nitrogens is 2. The van der Waals surface area contributed by atoms with Crippen molar-refractivity contribution in [1.82, 2.24) is 9.97 Å². The lowest BCUT2D eigenvalue weighted by molar-refractivity contribution is 0.213. The van der Waals surface area contributed by atoms with Crippen molar-refractivity contribution < 1.29 is 23.5 Å². The second-order valence-corrected chi connectivity index (χ2v) is 8.40. The minimum Gasteiger partial charge on any atom is -0.504 e. The number of nitrogens with one attached hydrogen (secondary N) is 1. The van der Waals surface area contributed by atoms with Crippen LogP contribution in [0.1, 0.15) is 36.5 Å². The normalized spacial score (nSPS) is 12.6. The fraction of sp³-hybridized carbons (Fsp3) is 0.474. The first-order valence-electron chi connectivity index (χ1n) is 9.13. The van der Waals surface area contributed by atoms with Crippen LogP contribution in [-0.4, -0.2) is 41.9 Å². The first-order valence-corrected chi connectivity index (χ1v) is 10.7. The Labute approximate surface area is 165 Å².